The summed E-state index contributed by atoms with van der Waals surface area (Å²) in [6, 6.07) is 18.1. The minimum Gasteiger partial charge on any atom is -0.486 e. The number of thiol groups is 1. The van der Waals surface area contributed by atoms with Crippen LogP contribution in [0.2, 0.25) is 0 Å². The molecule has 0 bridgehead atoms. The second kappa shape index (κ2) is 11.6. The van der Waals surface area contributed by atoms with Crippen LogP contribution in [0.3, 0.4) is 0 Å². The lowest BCUT2D eigenvalue weighted by atomic mass is 9.96. The number of aromatic nitrogens is 1. The molecule has 0 radical (unpaired) electrons. The Labute approximate surface area is 212 Å². The summed E-state index contributed by atoms with van der Waals surface area (Å²) in [5, 5.41) is -0.213. The molecule has 0 saturated carbocycles. The van der Waals surface area contributed by atoms with E-state index in [2.05, 4.69) is 41.9 Å². The zero-order valence-electron chi connectivity index (χ0n) is 20.2. The van der Waals surface area contributed by atoms with Gasteiger partial charge in [-0.1, -0.05) is 30.3 Å². The van der Waals surface area contributed by atoms with Gasteiger partial charge in [-0.3, -0.25) is 4.79 Å². The Morgan fingerprint density at radius 3 is 2.63 bits per heavy atom. The van der Waals surface area contributed by atoms with E-state index in [1.807, 2.05) is 44.2 Å². The summed E-state index contributed by atoms with van der Waals surface area (Å²) in [6.45, 7) is 5.70. The Hall–Kier alpha value is -3.03. The first kappa shape index (κ1) is 25.1. The quantitative estimate of drug-likeness (QED) is 0.277. The number of ether oxygens (including phenoxy) is 3. The number of rotatable bonds is 11. The lowest BCUT2D eigenvalue weighted by Gasteiger charge is -2.17. The minimum absolute atomic E-state index is 0.0114. The Balaban J connectivity index is 1.47. The van der Waals surface area contributed by atoms with Crippen molar-refractivity contribution in [3.05, 3.63) is 77.0 Å². The van der Waals surface area contributed by atoms with E-state index in [0.29, 0.717) is 25.7 Å². The average Bonchev–Trinajstić information content (AvgIpc) is 3.25. The molecule has 0 saturated heterocycles. The first-order valence-corrected chi connectivity index (χ1v) is 12.5. The molecule has 3 aromatic rings. The van der Waals surface area contributed by atoms with Crippen LogP contribution < -0.4 is 15.2 Å². The third-order valence-corrected chi connectivity index (χ3v) is 6.67. The van der Waals surface area contributed by atoms with Crippen molar-refractivity contribution in [1.29, 1.82) is 0 Å². The number of carbonyl (C=O) groups excluding carboxylic acids is 1. The topological polar surface area (TPSA) is 83.7 Å². The Morgan fingerprint density at radius 1 is 1.11 bits per heavy atom. The molecule has 1 heterocycles. The Kier molecular flexibility index (Phi) is 8.31. The molecule has 1 amide bonds. The molecule has 1 aromatic heterocycles. The maximum Gasteiger partial charge on any atom is 0.218 e. The smallest absolute Gasteiger partial charge is 0.218 e. The summed E-state index contributed by atoms with van der Waals surface area (Å²) in [5.41, 5.74) is 12.0. The first-order valence-electron chi connectivity index (χ1n) is 12.0. The summed E-state index contributed by atoms with van der Waals surface area (Å²) in [7, 11) is 0. The summed E-state index contributed by atoms with van der Waals surface area (Å²) in [6.07, 6.45) is 2.05. The minimum atomic E-state index is -0.363. The van der Waals surface area contributed by atoms with Crippen LogP contribution >= 0.6 is 12.6 Å². The molecule has 0 spiro atoms. The molecule has 35 heavy (non-hydrogen) atoms. The number of carbonyl (C=O) groups is 1. The zero-order valence-corrected chi connectivity index (χ0v) is 21.1. The monoisotopic (exact) mass is 492 g/mol. The third kappa shape index (κ3) is 6.16. The van der Waals surface area contributed by atoms with Crippen molar-refractivity contribution in [3.8, 4) is 22.8 Å². The Bertz CT molecular complexity index is 1170. The van der Waals surface area contributed by atoms with Gasteiger partial charge >= 0.3 is 0 Å². The fourth-order valence-corrected chi connectivity index (χ4v) is 4.84. The standard InChI is InChI=1S/C28H32N2O4S/c1-3-32-15-16-33-28-14-12-21(18(2)30-28)22-5-4-6-24-23(22)11-13-25(24)34-20-9-7-19(8-10-20)26(35)17-27(29)31/h4-10,12,14,25-26,35H,3,11,13,15-17H2,1-2H3,(H2,29,31)/t25-,26?/m1/s1. The van der Waals surface area contributed by atoms with Gasteiger partial charge in [-0.2, -0.15) is 12.6 Å². The molecule has 1 unspecified atom stereocenters. The number of hydrogen-bond acceptors (Lipinski definition) is 6. The average molecular weight is 493 g/mol. The van der Waals surface area contributed by atoms with E-state index in [0.717, 1.165) is 35.4 Å². The van der Waals surface area contributed by atoms with Crippen molar-refractivity contribution >= 4 is 18.5 Å². The highest BCUT2D eigenvalue weighted by Crippen LogP contribution is 2.41. The molecule has 7 heteroatoms. The van der Waals surface area contributed by atoms with Gasteiger partial charge in [0.25, 0.3) is 0 Å². The van der Waals surface area contributed by atoms with Gasteiger partial charge in [0.15, 0.2) is 0 Å². The number of benzene rings is 2. The van der Waals surface area contributed by atoms with Crippen molar-refractivity contribution in [2.24, 2.45) is 5.73 Å². The molecule has 1 aliphatic carbocycles. The lowest BCUT2D eigenvalue weighted by molar-refractivity contribution is -0.118. The maximum atomic E-state index is 11.2. The van der Waals surface area contributed by atoms with Crippen molar-refractivity contribution in [2.45, 2.75) is 44.5 Å². The SMILES string of the molecule is CCOCCOc1ccc(-c2cccc3c2CC[C@H]3Oc2ccc(C(S)CC(N)=O)cc2)c(C)n1. The van der Waals surface area contributed by atoms with Crippen molar-refractivity contribution in [1.82, 2.24) is 4.98 Å². The van der Waals surface area contributed by atoms with Gasteiger partial charge in [-0.15, -0.1) is 0 Å². The number of nitrogens with two attached hydrogens (primary N) is 1. The molecule has 1 aliphatic rings. The highest BCUT2D eigenvalue weighted by Gasteiger charge is 2.27. The molecule has 184 valence electrons. The van der Waals surface area contributed by atoms with Crippen LogP contribution in [0.25, 0.3) is 11.1 Å². The summed E-state index contributed by atoms with van der Waals surface area (Å²) >= 11 is 4.47. The van der Waals surface area contributed by atoms with E-state index in [-0.39, 0.29) is 23.7 Å². The Morgan fingerprint density at radius 2 is 1.91 bits per heavy atom. The van der Waals surface area contributed by atoms with Gasteiger partial charge in [0.1, 0.15) is 18.5 Å². The van der Waals surface area contributed by atoms with Crippen LogP contribution in [0.5, 0.6) is 11.6 Å². The van der Waals surface area contributed by atoms with Crippen LogP contribution in [0.15, 0.2) is 54.6 Å². The number of primary amides is 1. The lowest BCUT2D eigenvalue weighted by Crippen LogP contribution is -2.12. The summed E-state index contributed by atoms with van der Waals surface area (Å²) in [4.78, 5) is 15.8. The second-order valence-corrected chi connectivity index (χ2v) is 9.22. The number of nitrogens with zero attached hydrogens (tertiary/aromatic N) is 1. The van der Waals surface area contributed by atoms with Gasteiger partial charge in [-0.25, -0.2) is 4.98 Å². The van der Waals surface area contributed by atoms with E-state index in [1.54, 1.807) is 0 Å². The van der Waals surface area contributed by atoms with Crippen molar-refractivity contribution < 1.29 is 19.0 Å². The number of fused-ring (bicyclic) bond motifs is 1. The van der Waals surface area contributed by atoms with Gasteiger partial charge < -0.3 is 19.9 Å². The van der Waals surface area contributed by atoms with Crippen LogP contribution in [0.1, 0.15) is 53.5 Å². The maximum absolute atomic E-state index is 11.2. The third-order valence-electron chi connectivity index (χ3n) is 6.19. The van der Waals surface area contributed by atoms with Crippen LogP contribution in [-0.2, 0) is 16.0 Å². The highest BCUT2D eigenvalue weighted by atomic mass is 32.1. The largest absolute Gasteiger partial charge is 0.486 e. The first-order chi connectivity index (χ1) is 17.0. The van der Waals surface area contributed by atoms with E-state index in [1.165, 1.54) is 16.7 Å². The van der Waals surface area contributed by atoms with Gasteiger partial charge in [0.05, 0.1) is 6.61 Å². The molecule has 4 rings (SSSR count). The molecule has 2 N–H and O–H groups in total. The van der Waals surface area contributed by atoms with Gasteiger partial charge in [-0.05, 0) is 67.1 Å². The molecular weight excluding hydrogens is 460 g/mol. The second-order valence-electron chi connectivity index (χ2n) is 8.60. The summed E-state index contributed by atoms with van der Waals surface area (Å²) in [5.74, 6) is 1.04. The van der Waals surface area contributed by atoms with E-state index < -0.39 is 0 Å². The zero-order chi connectivity index (χ0) is 24.8. The number of hydrogen-bond donors (Lipinski definition) is 2. The van der Waals surface area contributed by atoms with Gasteiger partial charge in [0, 0.05) is 35.6 Å². The molecule has 0 aliphatic heterocycles. The molecule has 6 nitrogen and oxygen atoms in total. The van der Waals surface area contributed by atoms with Crippen LogP contribution in [0, 0.1) is 6.92 Å². The van der Waals surface area contributed by atoms with E-state index in [4.69, 9.17) is 19.9 Å². The fraction of sp³-hybridized carbons (Fsp3) is 0.357. The predicted octanol–water partition coefficient (Wildman–Crippen LogP) is 5.38. The van der Waals surface area contributed by atoms with Crippen molar-refractivity contribution in [3.63, 3.8) is 0 Å². The van der Waals surface area contributed by atoms with Crippen molar-refractivity contribution in [2.75, 3.05) is 19.8 Å². The van der Waals surface area contributed by atoms with E-state index >= 15 is 0 Å². The number of amides is 1. The van der Waals surface area contributed by atoms with Crippen LogP contribution in [-0.4, -0.2) is 30.7 Å². The molecule has 2 aromatic carbocycles. The van der Waals surface area contributed by atoms with Gasteiger partial charge in [0.2, 0.25) is 11.8 Å². The predicted molar refractivity (Wildman–Crippen MR) is 140 cm³/mol. The number of aryl methyl sites for hydroxylation is 1. The summed E-state index contributed by atoms with van der Waals surface area (Å²) < 4.78 is 17.4. The number of pyridine rings is 1. The normalized spacial score (nSPS) is 15.5. The molecular formula is C28H32N2O4S. The molecule has 0 fully saturated rings. The van der Waals surface area contributed by atoms with Crippen LogP contribution in [0.4, 0.5) is 0 Å². The molecule has 2 atom stereocenters. The van der Waals surface area contributed by atoms with E-state index in [9.17, 15) is 4.79 Å². The highest BCUT2D eigenvalue weighted by molar-refractivity contribution is 7.80. The fourth-order valence-electron chi connectivity index (χ4n) is 4.48.